The second kappa shape index (κ2) is 5.07. The van der Waals surface area contributed by atoms with Crippen LogP contribution in [0.2, 0.25) is 0 Å². The van der Waals surface area contributed by atoms with Crippen molar-refractivity contribution in [1.82, 2.24) is 19.6 Å². The summed E-state index contributed by atoms with van der Waals surface area (Å²) in [7, 11) is 0. The van der Waals surface area contributed by atoms with Gasteiger partial charge in [0.05, 0.1) is 18.6 Å². The number of piperidine rings is 1. The molecule has 1 aliphatic heterocycles. The number of benzene rings is 1. The Hall–Kier alpha value is -2.01. The number of aromatic nitrogens is 4. The molecule has 0 saturated carbocycles. The highest BCUT2D eigenvalue weighted by Crippen LogP contribution is 2.16. The zero-order chi connectivity index (χ0) is 14.2. The molecule has 4 rings (SSSR count). The summed E-state index contributed by atoms with van der Waals surface area (Å²) in [5, 5.41) is 9.88. The average Bonchev–Trinajstić information content (AvgIpc) is 2.91. The van der Waals surface area contributed by atoms with Crippen molar-refractivity contribution in [2.75, 3.05) is 13.1 Å². The quantitative estimate of drug-likeness (QED) is 0.765. The molecule has 3 heterocycles. The summed E-state index contributed by atoms with van der Waals surface area (Å²) in [6, 6.07) is 8.10. The van der Waals surface area contributed by atoms with Gasteiger partial charge in [0, 0.05) is 11.3 Å². The molecular formula is C16H20N5+. The first kappa shape index (κ1) is 12.7. The van der Waals surface area contributed by atoms with Crippen LogP contribution < -0.4 is 4.90 Å². The molecule has 2 aromatic heterocycles. The van der Waals surface area contributed by atoms with Crippen LogP contribution in [-0.4, -0.2) is 32.7 Å². The predicted molar refractivity (Wildman–Crippen MR) is 81.1 cm³/mol. The van der Waals surface area contributed by atoms with Gasteiger partial charge < -0.3 is 4.90 Å². The van der Waals surface area contributed by atoms with E-state index >= 15 is 0 Å². The van der Waals surface area contributed by atoms with E-state index in [4.69, 9.17) is 0 Å². The fourth-order valence-electron chi connectivity index (χ4n) is 3.43. The third kappa shape index (κ3) is 2.27. The summed E-state index contributed by atoms with van der Waals surface area (Å²) in [4.78, 5) is 6.13. The molecule has 0 bridgehead atoms. The van der Waals surface area contributed by atoms with Gasteiger partial charge in [-0.3, -0.25) is 4.40 Å². The van der Waals surface area contributed by atoms with Crippen LogP contribution in [0.3, 0.4) is 0 Å². The third-order valence-corrected chi connectivity index (χ3v) is 4.50. The van der Waals surface area contributed by atoms with Crippen LogP contribution in [0.15, 0.2) is 30.6 Å². The topological polar surface area (TPSA) is 47.5 Å². The molecule has 0 aliphatic carbocycles. The van der Waals surface area contributed by atoms with Crippen LogP contribution in [0.1, 0.15) is 25.6 Å². The van der Waals surface area contributed by atoms with E-state index in [1.54, 1.807) is 4.90 Å². The normalized spacial score (nSPS) is 22.9. The second-order valence-corrected chi connectivity index (χ2v) is 6.20. The van der Waals surface area contributed by atoms with Crippen LogP contribution >= 0.6 is 0 Å². The van der Waals surface area contributed by atoms with Gasteiger partial charge in [-0.25, -0.2) is 4.98 Å². The number of nitrogens with one attached hydrogen (secondary N) is 1. The van der Waals surface area contributed by atoms with Crippen molar-refractivity contribution in [2.45, 2.75) is 26.3 Å². The van der Waals surface area contributed by atoms with Crippen molar-refractivity contribution in [1.29, 1.82) is 0 Å². The molecule has 1 aliphatic rings. The zero-order valence-electron chi connectivity index (χ0n) is 12.3. The predicted octanol–water partition coefficient (Wildman–Crippen LogP) is 1.09. The maximum atomic E-state index is 4.52. The SMILES string of the molecule is C[C@H]1CCC[NH+](Cc2nnc3c4ccccc4ncn23)C1. The van der Waals surface area contributed by atoms with Crippen LogP contribution in [-0.2, 0) is 6.54 Å². The number of fused-ring (bicyclic) bond motifs is 3. The van der Waals surface area contributed by atoms with Gasteiger partial charge in [0.2, 0.25) is 0 Å². The van der Waals surface area contributed by atoms with Crippen LogP contribution in [0.25, 0.3) is 16.6 Å². The Morgan fingerprint density at radius 2 is 2.19 bits per heavy atom. The monoisotopic (exact) mass is 282 g/mol. The van der Waals surface area contributed by atoms with Gasteiger partial charge in [-0.05, 0) is 25.0 Å². The Morgan fingerprint density at radius 3 is 3.10 bits per heavy atom. The lowest BCUT2D eigenvalue weighted by Gasteiger charge is -2.27. The van der Waals surface area contributed by atoms with E-state index in [2.05, 4.69) is 32.6 Å². The van der Waals surface area contributed by atoms with E-state index in [1.807, 2.05) is 24.5 Å². The Kier molecular flexibility index (Phi) is 3.07. The molecule has 1 unspecified atom stereocenters. The minimum atomic E-state index is 0.812. The van der Waals surface area contributed by atoms with Gasteiger partial charge in [0.1, 0.15) is 12.9 Å². The van der Waals surface area contributed by atoms with Crippen molar-refractivity contribution in [2.24, 2.45) is 5.92 Å². The van der Waals surface area contributed by atoms with Crippen molar-refractivity contribution in [3.8, 4) is 0 Å². The second-order valence-electron chi connectivity index (χ2n) is 6.20. The van der Waals surface area contributed by atoms with Crippen LogP contribution in [0.4, 0.5) is 0 Å². The molecule has 0 radical (unpaired) electrons. The average molecular weight is 282 g/mol. The molecule has 21 heavy (non-hydrogen) atoms. The van der Waals surface area contributed by atoms with Gasteiger partial charge in [0.15, 0.2) is 11.5 Å². The molecule has 5 nitrogen and oxygen atoms in total. The van der Waals surface area contributed by atoms with Crippen molar-refractivity contribution in [3.05, 3.63) is 36.4 Å². The molecule has 2 atom stereocenters. The van der Waals surface area contributed by atoms with Gasteiger partial charge in [0.25, 0.3) is 0 Å². The van der Waals surface area contributed by atoms with Crippen molar-refractivity contribution < 1.29 is 4.90 Å². The fraction of sp³-hybridized carbons (Fsp3) is 0.438. The van der Waals surface area contributed by atoms with E-state index in [9.17, 15) is 0 Å². The first-order valence-electron chi connectivity index (χ1n) is 7.72. The summed E-state index contributed by atoms with van der Waals surface area (Å²) >= 11 is 0. The highest BCUT2D eigenvalue weighted by Gasteiger charge is 2.22. The molecule has 1 saturated heterocycles. The lowest BCUT2D eigenvalue weighted by atomic mass is 10.0. The standard InChI is InChI=1S/C16H19N5/c1-12-5-4-8-20(9-12)10-15-18-19-16-13-6-2-3-7-14(13)17-11-21(15)16/h2-3,6-7,11-12H,4-5,8-10H2,1H3/p+1/t12-/m0/s1. The number of hydrogen-bond donors (Lipinski definition) is 1. The first-order chi connectivity index (χ1) is 10.3. The first-order valence-corrected chi connectivity index (χ1v) is 7.72. The van der Waals surface area contributed by atoms with Gasteiger partial charge in [-0.15, -0.1) is 10.2 Å². The molecule has 3 aromatic rings. The highest BCUT2D eigenvalue weighted by molar-refractivity contribution is 5.90. The molecule has 108 valence electrons. The number of quaternary nitrogens is 1. The molecule has 0 amide bonds. The van der Waals surface area contributed by atoms with Gasteiger partial charge >= 0.3 is 0 Å². The van der Waals surface area contributed by atoms with Crippen LogP contribution in [0, 0.1) is 5.92 Å². The maximum absolute atomic E-state index is 4.52. The lowest BCUT2D eigenvalue weighted by molar-refractivity contribution is -0.922. The summed E-state index contributed by atoms with van der Waals surface area (Å²) in [6.07, 6.45) is 4.53. The largest absolute Gasteiger partial charge is 0.328 e. The Bertz CT molecular complexity index is 779. The smallest absolute Gasteiger partial charge is 0.193 e. The highest BCUT2D eigenvalue weighted by atomic mass is 15.3. The minimum Gasteiger partial charge on any atom is -0.328 e. The molecule has 1 aromatic carbocycles. The summed E-state index contributed by atoms with van der Waals surface area (Å²) in [5.74, 6) is 1.83. The summed E-state index contributed by atoms with van der Waals surface area (Å²) in [5.41, 5.74) is 1.89. The summed E-state index contributed by atoms with van der Waals surface area (Å²) in [6.45, 7) is 5.75. The molecule has 1 N–H and O–H groups in total. The van der Waals surface area contributed by atoms with Crippen molar-refractivity contribution >= 4 is 16.6 Å². The van der Waals surface area contributed by atoms with Gasteiger partial charge in [-0.1, -0.05) is 19.1 Å². The van der Waals surface area contributed by atoms with E-state index < -0.39 is 0 Å². The number of hydrogen-bond acceptors (Lipinski definition) is 3. The lowest BCUT2D eigenvalue weighted by Crippen LogP contribution is -3.12. The summed E-state index contributed by atoms with van der Waals surface area (Å²) < 4.78 is 2.05. The minimum absolute atomic E-state index is 0.812. The van der Waals surface area contributed by atoms with Crippen LogP contribution in [0.5, 0.6) is 0 Å². The Balaban J connectivity index is 1.71. The third-order valence-electron chi connectivity index (χ3n) is 4.50. The van der Waals surface area contributed by atoms with E-state index in [1.165, 1.54) is 25.9 Å². The molecule has 1 fully saturated rings. The molecule has 5 heteroatoms. The molecule has 0 spiro atoms. The number of nitrogens with zero attached hydrogens (tertiary/aromatic N) is 4. The van der Waals surface area contributed by atoms with Gasteiger partial charge in [-0.2, -0.15) is 0 Å². The fourth-order valence-corrected chi connectivity index (χ4v) is 3.43. The van der Waals surface area contributed by atoms with E-state index in [0.717, 1.165) is 34.8 Å². The number of rotatable bonds is 2. The Morgan fingerprint density at radius 1 is 1.29 bits per heavy atom. The van der Waals surface area contributed by atoms with E-state index in [-0.39, 0.29) is 0 Å². The maximum Gasteiger partial charge on any atom is 0.193 e. The molecular weight excluding hydrogens is 262 g/mol. The van der Waals surface area contributed by atoms with Crippen molar-refractivity contribution in [3.63, 3.8) is 0 Å². The van der Waals surface area contributed by atoms with E-state index in [0.29, 0.717) is 0 Å². The number of para-hydroxylation sites is 1. The Labute approximate surface area is 123 Å². The number of likely N-dealkylation sites (tertiary alicyclic amines) is 1. The zero-order valence-corrected chi connectivity index (χ0v) is 12.3.